The third kappa shape index (κ3) is 2.93. The van der Waals surface area contributed by atoms with Crippen LogP contribution in [0, 0.1) is 0 Å². The molecule has 2 aromatic rings. The van der Waals surface area contributed by atoms with Gasteiger partial charge in [0.15, 0.2) is 0 Å². The molecule has 2 heterocycles. The summed E-state index contributed by atoms with van der Waals surface area (Å²) < 4.78 is 2.39. The summed E-state index contributed by atoms with van der Waals surface area (Å²) in [4.78, 5) is 0. The van der Waals surface area contributed by atoms with Gasteiger partial charge in [-0.05, 0) is 66.2 Å². The molecule has 0 radical (unpaired) electrons. The van der Waals surface area contributed by atoms with Gasteiger partial charge in [-0.15, -0.1) is 0 Å². The van der Waals surface area contributed by atoms with Gasteiger partial charge in [0.2, 0.25) is 0 Å². The van der Waals surface area contributed by atoms with Crippen molar-refractivity contribution in [3.8, 4) is 0 Å². The highest BCUT2D eigenvalue weighted by Crippen LogP contribution is 2.29. The second-order valence-electron chi connectivity index (χ2n) is 5.45. The molecule has 0 aliphatic heterocycles. The quantitative estimate of drug-likeness (QED) is 0.840. The molecule has 1 N–H and O–H groups in total. The molecular weight excluding hydrogens is 252 g/mol. The molecule has 0 bridgehead atoms. The van der Waals surface area contributed by atoms with Crippen LogP contribution in [-0.4, -0.2) is 11.6 Å². The predicted molar refractivity (Wildman–Crippen MR) is 81.8 cm³/mol. The third-order valence-corrected chi connectivity index (χ3v) is 4.88. The van der Waals surface area contributed by atoms with E-state index in [-0.39, 0.29) is 0 Å². The average Bonchev–Trinajstić information content (AvgIpc) is 3.03. The van der Waals surface area contributed by atoms with E-state index in [9.17, 15) is 0 Å². The number of nitrogens with one attached hydrogen (secondary N) is 1. The second-order valence-corrected chi connectivity index (χ2v) is 6.23. The van der Waals surface area contributed by atoms with E-state index in [4.69, 9.17) is 0 Å². The lowest BCUT2D eigenvalue weighted by molar-refractivity contribution is 0.530. The Morgan fingerprint density at radius 1 is 1.37 bits per heavy atom. The van der Waals surface area contributed by atoms with Crippen molar-refractivity contribution in [1.82, 2.24) is 9.88 Å². The first kappa shape index (κ1) is 12.9. The zero-order chi connectivity index (χ0) is 13.1. The molecule has 19 heavy (non-hydrogen) atoms. The summed E-state index contributed by atoms with van der Waals surface area (Å²) in [5.74, 6) is 0. The fourth-order valence-corrected chi connectivity index (χ4v) is 3.74. The zero-order valence-corrected chi connectivity index (χ0v) is 12.4. The molecule has 0 spiro atoms. The van der Waals surface area contributed by atoms with Gasteiger partial charge in [-0.2, -0.15) is 11.3 Å². The van der Waals surface area contributed by atoms with Crippen LogP contribution < -0.4 is 5.32 Å². The Morgan fingerprint density at radius 2 is 2.32 bits per heavy atom. The minimum Gasteiger partial charge on any atom is -0.353 e. The molecule has 3 heteroatoms. The van der Waals surface area contributed by atoms with E-state index < -0.39 is 0 Å². The maximum absolute atomic E-state index is 3.47. The molecule has 0 fully saturated rings. The fraction of sp³-hybridized carbons (Fsp3) is 0.500. The van der Waals surface area contributed by atoms with Gasteiger partial charge >= 0.3 is 0 Å². The van der Waals surface area contributed by atoms with Crippen molar-refractivity contribution < 1.29 is 0 Å². The van der Waals surface area contributed by atoms with E-state index in [1.807, 2.05) is 0 Å². The highest BCUT2D eigenvalue weighted by Gasteiger charge is 2.18. The van der Waals surface area contributed by atoms with E-state index in [1.54, 1.807) is 16.9 Å². The first-order chi connectivity index (χ1) is 9.36. The van der Waals surface area contributed by atoms with Crippen LogP contribution in [0.1, 0.15) is 42.0 Å². The minimum absolute atomic E-state index is 0.555. The van der Waals surface area contributed by atoms with Gasteiger partial charge in [0.25, 0.3) is 0 Å². The summed E-state index contributed by atoms with van der Waals surface area (Å²) in [6, 6.07) is 2.79. The largest absolute Gasteiger partial charge is 0.353 e. The Bertz CT molecular complexity index is 513. The smallest absolute Gasteiger partial charge is 0.0335 e. The normalized spacial score (nSPS) is 19.1. The molecule has 1 unspecified atom stereocenters. The molecule has 1 aliphatic carbocycles. The fourth-order valence-electron chi connectivity index (χ4n) is 3.04. The van der Waals surface area contributed by atoms with Gasteiger partial charge in [-0.1, -0.05) is 6.42 Å². The Balaban J connectivity index is 1.73. The van der Waals surface area contributed by atoms with Gasteiger partial charge in [-0.25, -0.2) is 0 Å². The first-order valence-corrected chi connectivity index (χ1v) is 8.18. The number of hydrogen-bond acceptors (Lipinski definition) is 2. The van der Waals surface area contributed by atoms with E-state index >= 15 is 0 Å². The highest BCUT2D eigenvalue weighted by molar-refractivity contribution is 7.07. The molecule has 0 saturated carbocycles. The van der Waals surface area contributed by atoms with E-state index in [2.05, 4.69) is 46.2 Å². The number of aromatic nitrogens is 1. The lowest BCUT2D eigenvalue weighted by Gasteiger charge is -2.13. The molecule has 102 valence electrons. The number of thiophene rings is 1. The molecular formula is C16H22N2S. The van der Waals surface area contributed by atoms with Crippen LogP contribution in [0.15, 0.2) is 29.2 Å². The number of hydrogen-bond donors (Lipinski definition) is 1. The van der Waals surface area contributed by atoms with Crippen LogP contribution in [0.4, 0.5) is 0 Å². The summed E-state index contributed by atoms with van der Waals surface area (Å²) in [7, 11) is 2.09. The van der Waals surface area contributed by atoms with Crippen LogP contribution in [-0.2, 0) is 19.4 Å². The average molecular weight is 274 g/mol. The number of nitrogens with zero attached hydrogens (tertiary/aromatic N) is 1. The molecule has 3 rings (SSSR count). The van der Waals surface area contributed by atoms with E-state index in [0.29, 0.717) is 6.04 Å². The number of rotatable bonds is 4. The summed E-state index contributed by atoms with van der Waals surface area (Å²) in [5, 5.41) is 7.89. The van der Waals surface area contributed by atoms with E-state index in [0.717, 1.165) is 13.0 Å². The minimum atomic E-state index is 0.555. The summed E-state index contributed by atoms with van der Waals surface area (Å²) in [6.07, 6.45) is 11.1. The maximum atomic E-state index is 3.47. The SMILES string of the molecule is CNC1CCCCc2cn(CCc3ccsc3)cc21. The molecule has 0 amide bonds. The Labute approximate surface area is 119 Å². The van der Waals surface area contributed by atoms with Crippen molar-refractivity contribution in [1.29, 1.82) is 0 Å². The van der Waals surface area contributed by atoms with Gasteiger partial charge in [-0.3, -0.25) is 0 Å². The van der Waals surface area contributed by atoms with Gasteiger partial charge < -0.3 is 9.88 Å². The molecule has 1 aliphatic rings. The lowest BCUT2D eigenvalue weighted by Crippen LogP contribution is -2.15. The molecule has 2 aromatic heterocycles. The van der Waals surface area contributed by atoms with Crippen molar-refractivity contribution in [2.45, 2.75) is 44.7 Å². The van der Waals surface area contributed by atoms with Gasteiger partial charge in [0, 0.05) is 25.0 Å². The topological polar surface area (TPSA) is 17.0 Å². The van der Waals surface area contributed by atoms with Crippen molar-refractivity contribution in [2.75, 3.05) is 7.05 Å². The van der Waals surface area contributed by atoms with Gasteiger partial charge in [0.1, 0.15) is 0 Å². The van der Waals surface area contributed by atoms with Crippen molar-refractivity contribution in [3.63, 3.8) is 0 Å². The van der Waals surface area contributed by atoms with Crippen molar-refractivity contribution >= 4 is 11.3 Å². The zero-order valence-electron chi connectivity index (χ0n) is 11.6. The Morgan fingerprint density at radius 3 is 3.11 bits per heavy atom. The molecule has 2 nitrogen and oxygen atoms in total. The second kappa shape index (κ2) is 5.93. The monoisotopic (exact) mass is 274 g/mol. The standard InChI is InChI=1S/C16H22N2S/c1-17-16-5-3-2-4-14-10-18(11-15(14)16)8-6-13-7-9-19-12-13/h7,9-12,16-17H,2-6,8H2,1H3. The highest BCUT2D eigenvalue weighted by atomic mass is 32.1. The van der Waals surface area contributed by atoms with E-state index in [1.165, 1.54) is 36.8 Å². The Kier molecular flexibility index (Phi) is 4.04. The van der Waals surface area contributed by atoms with Crippen LogP contribution in [0.25, 0.3) is 0 Å². The van der Waals surface area contributed by atoms with Crippen LogP contribution in [0.2, 0.25) is 0 Å². The molecule has 1 atom stereocenters. The summed E-state index contributed by atoms with van der Waals surface area (Å²) >= 11 is 1.79. The summed E-state index contributed by atoms with van der Waals surface area (Å²) in [6.45, 7) is 1.10. The van der Waals surface area contributed by atoms with Crippen molar-refractivity contribution in [2.24, 2.45) is 0 Å². The number of fused-ring (bicyclic) bond motifs is 1. The van der Waals surface area contributed by atoms with Crippen LogP contribution in [0.3, 0.4) is 0 Å². The van der Waals surface area contributed by atoms with Crippen molar-refractivity contribution in [3.05, 3.63) is 45.9 Å². The third-order valence-electron chi connectivity index (χ3n) is 4.15. The molecule has 0 aromatic carbocycles. The van der Waals surface area contributed by atoms with Crippen LogP contribution >= 0.6 is 11.3 Å². The number of aryl methyl sites for hydroxylation is 3. The van der Waals surface area contributed by atoms with Gasteiger partial charge in [0.05, 0.1) is 0 Å². The van der Waals surface area contributed by atoms with Crippen LogP contribution in [0.5, 0.6) is 0 Å². The Hall–Kier alpha value is -1.06. The lowest BCUT2D eigenvalue weighted by atomic mass is 10.1. The predicted octanol–water partition coefficient (Wildman–Crippen LogP) is 3.78. The summed E-state index contributed by atoms with van der Waals surface area (Å²) in [5.41, 5.74) is 4.55. The molecule has 0 saturated heterocycles. The first-order valence-electron chi connectivity index (χ1n) is 7.23. The maximum Gasteiger partial charge on any atom is 0.0335 e.